The van der Waals surface area contributed by atoms with Gasteiger partial charge in [0.1, 0.15) is 5.69 Å². The van der Waals surface area contributed by atoms with E-state index in [0.717, 1.165) is 6.07 Å². The predicted octanol–water partition coefficient (Wildman–Crippen LogP) is 0.977. The first-order valence-corrected chi connectivity index (χ1v) is 7.87. The molecule has 1 saturated heterocycles. The first-order chi connectivity index (χ1) is 9.84. The maximum absolute atomic E-state index is 12.5. The van der Waals surface area contributed by atoms with E-state index in [-0.39, 0.29) is 16.6 Å². The van der Waals surface area contributed by atoms with Gasteiger partial charge in [0.15, 0.2) is 0 Å². The molecule has 1 aromatic rings. The second kappa shape index (κ2) is 5.96. The summed E-state index contributed by atoms with van der Waals surface area (Å²) in [6.07, 6.45) is 1.21. The number of rotatable bonds is 4. The standard InChI is InChI=1S/C12H17N3O5S/c1-14(9-4-6-20-7-5-9)21(18,19)10-2-3-11(13)12(8-10)15(16)17/h2-3,8-9H,4-7,13H2,1H3. The van der Waals surface area contributed by atoms with E-state index in [1.165, 1.54) is 23.5 Å². The molecule has 0 aromatic heterocycles. The highest BCUT2D eigenvalue weighted by molar-refractivity contribution is 7.89. The highest BCUT2D eigenvalue weighted by Crippen LogP contribution is 2.28. The molecule has 0 amide bonds. The lowest BCUT2D eigenvalue weighted by molar-refractivity contribution is -0.384. The highest BCUT2D eigenvalue weighted by Gasteiger charge is 2.30. The molecule has 9 heteroatoms. The van der Waals surface area contributed by atoms with E-state index in [2.05, 4.69) is 0 Å². The van der Waals surface area contributed by atoms with Crippen molar-refractivity contribution >= 4 is 21.4 Å². The lowest BCUT2D eigenvalue weighted by atomic mass is 10.1. The summed E-state index contributed by atoms with van der Waals surface area (Å²) >= 11 is 0. The van der Waals surface area contributed by atoms with Crippen molar-refractivity contribution in [1.29, 1.82) is 0 Å². The molecule has 21 heavy (non-hydrogen) atoms. The van der Waals surface area contributed by atoms with Crippen molar-refractivity contribution in [3.8, 4) is 0 Å². The minimum absolute atomic E-state index is 0.0623. The van der Waals surface area contributed by atoms with Gasteiger partial charge in [0.25, 0.3) is 5.69 Å². The normalized spacial score (nSPS) is 17.0. The second-order valence-corrected chi connectivity index (χ2v) is 6.84. The van der Waals surface area contributed by atoms with Gasteiger partial charge in [-0.1, -0.05) is 0 Å². The third-order valence-corrected chi connectivity index (χ3v) is 5.49. The Morgan fingerprint density at radius 2 is 2.00 bits per heavy atom. The van der Waals surface area contributed by atoms with Crippen LogP contribution in [-0.2, 0) is 14.8 Å². The summed E-state index contributed by atoms with van der Waals surface area (Å²) in [4.78, 5) is 10.1. The van der Waals surface area contributed by atoms with E-state index in [9.17, 15) is 18.5 Å². The Kier molecular flexibility index (Phi) is 4.45. The number of hydrogen-bond acceptors (Lipinski definition) is 6. The topological polar surface area (TPSA) is 116 Å². The number of hydrogen-bond donors (Lipinski definition) is 1. The van der Waals surface area contributed by atoms with E-state index in [1.807, 2.05) is 0 Å². The summed E-state index contributed by atoms with van der Waals surface area (Å²) in [5, 5.41) is 10.9. The highest BCUT2D eigenvalue weighted by atomic mass is 32.2. The molecule has 0 spiro atoms. The van der Waals surface area contributed by atoms with Gasteiger partial charge in [0, 0.05) is 32.4 Å². The lowest BCUT2D eigenvalue weighted by Crippen LogP contribution is -2.40. The third kappa shape index (κ3) is 3.14. The maximum Gasteiger partial charge on any atom is 0.293 e. The van der Waals surface area contributed by atoms with Gasteiger partial charge in [-0.2, -0.15) is 4.31 Å². The molecule has 0 saturated carbocycles. The summed E-state index contributed by atoms with van der Waals surface area (Å²) in [5.74, 6) is 0. The fourth-order valence-electron chi connectivity index (χ4n) is 2.25. The van der Waals surface area contributed by atoms with Gasteiger partial charge in [0.05, 0.1) is 9.82 Å². The van der Waals surface area contributed by atoms with Crippen molar-refractivity contribution in [2.45, 2.75) is 23.8 Å². The van der Waals surface area contributed by atoms with Crippen LogP contribution < -0.4 is 5.73 Å². The summed E-state index contributed by atoms with van der Waals surface area (Å²) in [6.45, 7) is 1.01. The van der Waals surface area contributed by atoms with Gasteiger partial charge in [0.2, 0.25) is 10.0 Å². The Hall–Kier alpha value is -1.71. The molecule has 1 heterocycles. The maximum atomic E-state index is 12.5. The predicted molar refractivity (Wildman–Crippen MR) is 76.3 cm³/mol. The Morgan fingerprint density at radius 3 is 2.57 bits per heavy atom. The van der Waals surface area contributed by atoms with Crippen molar-refractivity contribution in [1.82, 2.24) is 4.31 Å². The molecule has 2 N–H and O–H groups in total. The van der Waals surface area contributed by atoms with Crippen LogP contribution in [0, 0.1) is 10.1 Å². The summed E-state index contributed by atoms with van der Waals surface area (Å²) < 4.78 is 31.5. The van der Waals surface area contributed by atoms with Crippen molar-refractivity contribution in [2.24, 2.45) is 0 Å². The SMILES string of the molecule is CN(C1CCOCC1)S(=O)(=O)c1ccc(N)c([N+](=O)[O-])c1. The van der Waals surface area contributed by atoms with Gasteiger partial charge >= 0.3 is 0 Å². The molecule has 0 atom stereocenters. The summed E-state index contributed by atoms with van der Waals surface area (Å²) in [7, 11) is -2.31. The number of nitro groups is 1. The molecule has 1 aliphatic heterocycles. The van der Waals surface area contributed by atoms with Crippen molar-refractivity contribution in [3.63, 3.8) is 0 Å². The average Bonchev–Trinajstić information content (AvgIpc) is 2.47. The Bertz CT molecular complexity index is 640. The minimum atomic E-state index is -3.79. The van der Waals surface area contributed by atoms with E-state index in [1.54, 1.807) is 0 Å². The van der Waals surface area contributed by atoms with Gasteiger partial charge in [-0.05, 0) is 25.0 Å². The first-order valence-electron chi connectivity index (χ1n) is 6.43. The Balaban J connectivity index is 2.34. The minimum Gasteiger partial charge on any atom is -0.393 e. The molecule has 0 bridgehead atoms. The molecule has 1 aromatic carbocycles. The van der Waals surface area contributed by atoms with Crippen LogP contribution in [-0.4, -0.2) is 43.9 Å². The van der Waals surface area contributed by atoms with Crippen molar-refractivity contribution in [2.75, 3.05) is 26.0 Å². The Labute approximate surface area is 122 Å². The molecule has 0 unspecified atom stereocenters. The average molecular weight is 315 g/mol. The van der Waals surface area contributed by atoms with Crippen LogP contribution in [0.5, 0.6) is 0 Å². The van der Waals surface area contributed by atoms with E-state index < -0.39 is 20.6 Å². The lowest BCUT2D eigenvalue weighted by Gasteiger charge is -2.30. The zero-order valence-electron chi connectivity index (χ0n) is 11.6. The quantitative estimate of drug-likeness (QED) is 0.503. The van der Waals surface area contributed by atoms with E-state index in [0.29, 0.717) is 26.1 Å². The monoisotopic (exact) mass is 315 g/mol. The Morgan fingerprint density at radius 1 is 1.38 bits per heavy atom. The van der Waals surface area contributed by atoms with Gasteiger partial charge in [-0.25, -0.2) is 8.42 Å². The number of nitrogen functional groups attached to an aromatic ring is 1. The fraction of sp³-hybridized carbons (Fsp3) is 0.500. The fourth-order valence-corrected chi connectivity index (χ4v) is 3.69. The molecule has 1 aliphatic rings. The van der Waals surface area contributed by atoms with E-state index >= 15 is 0 Å². The molecule has 8 nitrogen and oxygen atoms in total. The van der Waals surface area contributed by atoms with E-state index in [4.69, 9.17) is 10.5 Å². The number of anilines is 1. The van der Waals surface area contributed by atoms with Gasteiger partial charge < -0.3 is 10.5 Å². The zero-order valence-corrected chi connectivity index (χ0v) is 12.4. The number of benzene rings is 1. The number of sulfonamides is 1. The molecule has 0 aliphatic carbocycles. The zero-order chi connectivity index (χ0) is 15.6. The van der Waals surface area contributed by atoms with Crippen LogP contribution in [0.2, 0.25) is 0 Å². The van der Waals surface area contributed by atoms with Crippen LogP contribution in [0.25, 0.3) is 0 Å². The molecular weight excluding hydrogens is 298 g/mol. The molecular formula is C12H17N3O5S. The number of nitro benzene ring substituents is 1. The van der Waals surface area contributed by atoms with Gasteiger partial charge in [-0.3, -0.25) is 10.1 Å². The van der Waals surface area contributed by atoms with Crippen LogP contribution in [0.15, 0.2) is 23.1 Å². The third-order valence-electron chi connectivity index (χ3n) is 3.58. The molecule has 1 fully saturated rings. The number of ether oxygens (including phenoxy) is 1. The summed E-state index contributed by atoms with van der Waals surface area (Å²) in [5.41, 5.74) is 5.02. The molecule has 116 valence electrons. The smallest absolute Gasteiger partial charge is 0.293 e. The second-order valence-electron chi connectivity index (χ2n) is 4.84. The number of nitrogens with zero attached hydrogens (tertiary/aromatic N) is 2. The molecule has 2 rings (SSSR count). The largest absolute Gasteiger partial charge is 0.393 e. The summed E-state index contributed by atoms with van der Waals surface area (Å²) in [6, 6.07) is 3.36. The van der Waals surface area contributed by atoms with Crippen LogP contribution in [0.3, 0.4) is 0 Å². The molecule has 0 radical (unpaired) electrons. The van der Waals surface area contributed by atoms with Crippen molar-refractivity contribution < 1.29 is 18.1 Å². The number of nitrogens with two attached hydrogens (primary N) is 1. The van der Waals surface area contributed by atoms with Crippen LogP contribution in [0.1, 0.15) is 12.8 Å². The van der Waals surface area contributed by atoms with Crippen LogP contribution in [0.4, 0.5) is 11.4 Å². The van der Waals surface area contributed by atoms with Gasteiger partial charge in [-0.15, -0.1) is 0 Å². The van der Waals surface area contributed by atoms with Crippen molar-refractivity contribution in [3.05, 3.63) is 28.3 Å². The first kappa shape index (κ1) is 15.7. The van der Waals surface area contributed by atoms with Crippen LogP contribution >= 0.6 is 0 Å².